The summed E-state index contributed by atoms with van der Waals surface area (Å²) in [6.45, 7) is 9.28. The maximum atomic E-state index is 11.5. The molecule has 0 fully saturated rings. The Balaban J connectivity index is 2.21. The van der Waals surface area contributed by atoms with Crippen molar-refractivity contribution < 1.29 is 4.92 Å². The summed E-state index contributed by atoms with van der Waals surface area (Å²) in [4.78, 5) is 15.9. The molecule has 0 aliphatic carbocycles. The number of imidazole rings is 1. The zero-order valence-corrected chi connectivity index (χ0v) is 16.6. The van der Waals surface area contributed by atoms with Gasteiger partial charge in [-0.2, -0.15) is 0 Å². The SMILES string of the molecule is CCCCCCn1c(-c2c(C)cc(C)cc2C)nc2c([N+](=O)[O-])cccc21. The van der Waals surface area contributed by atoms with Gasteiger partial charge in [0.1, 0.15) is 5.82 Å². The fourth-order valence-electron chi connectivity index (χ4n) is 3.93. The lowest BCUT2D eigenvalue weighted by molar-refractivity contribution is -0.383. The van der Waals surface area contributed by atoms with E-state index < -0.39 is 0 Å². The Morgan fingerprint density at radius 3 is 2.41 bits per heavy atom. The van der Waals surface area contributed by atoms with E-state index in [2.05, 4.69) is 44.4 Å². The fraction of sp³-hybridized carbons (Fsp3) is 0.409. The molecule has 27 heavy (non-hydrogen) atoms. The summed E-state index contributed by atoms with van der Waals surface area (Å²) in [5.74, 6) is 0.839. The molecule has 0 N–H and O–H groups in total. The number of nitro groups is 1. The molecule has 0 amide bonds. The van der Waals surface area contributed by atoms with Gasteiger partial charge in [-0.15, -0.1) is 0 Å². The Morgan fingerprint density at radius 1 is 1.07 bits per heavy atom. The van der Waals surface area contributed by atoms with E-state index in [0.29, 0.717) is 5.52 Å². The topological polar surface area (TPSA) is 61.0 Å². The number of hydrogen-bond donors (Lipinski definition) is 0. The molecule has 0 unspecified atom stereocenters. The van der Waals surface area contributed by atoms with Gasteiger partial charge in [-0.1, -0.05) is 49.9 Å². The second-order valence-electron chi connectivity index (χ2n) is 7.32. The van der Waals surface area contributed by atoms with Crippen molar-refractivity contribution in [2.75, 3.05) is 0 Å². The van der Waals surface area contributed by atoms with Crippen LogP contribution in [0.5, 0.6) is 0 Å². The average molecular weight is 365 g/mol. The minimum Gasteiger partial charge on any atom is -0.324 e. The van der Waals surface area contributed by atoms with Gasteiger partial charge < -0.3 is 4.57 Å². The summed E-state index contributed by atoms with van der Waals surface area (Å²) in [6, 6.07) is 9.53. The molecule has 0 saturated carbocycles. The Morgan fingerprint density at radius 2 is 1.78 bits per heavy atom. The van der Waals surface area contributed by atoms with Crippen LogP contribution in [0, 0.1) is 30.9 Å². The van der Waals surface area contributed by atoms with Gasteiger partial charge in [-0.3, -0.25) is 10.1 Å². The number of benzene rings is 2. The highest BCUT2D eigenvalue weighted by molar-refractivity contribution is 5.89. The van der Waals surface area contributed by atoms with Crippen LogP contribution in [0.25, 0.3) is 22.4 Å². The minimum atomic E-state index is -0.338. The third-order valence-electron chi connectivity index (χ3n) is 5.09. The van der Waals surface area contributed by atoms with Crippen molar-refractivity contribution >= 4 is 16.7 Å². The van der Waals surface area contributed by atoms with Gasteiger partial charge in [-0.25, -0.2) is 4.98 Å². The zero-order chi connectivity index (χ0) is 19.6. The highest BCUT2D eigenvalue weighted by Crippen LogP contribution is 2.34. The number of nitrogens with zero attached hydrogens (tertiary/aromatic N) is 3. The summed E-state index contributed by atoms with van der Waals surface area (Å²) in [5.41, 5.74) is 6.00. The van der Waals surface area contributed by atoms with E-state index in [1.54, 1.807) is 6.07 Å². The largest absolute Gasteiger partial charge is 0.324 e. The number of aryl methyl sites for hydroxylation is 4. The molecule has 0 radical (unpaired) electrons. The first-order valence-electron chi connectivity index (χ1n) is 9.66. The number of aromatic nitrogens is 2. The molecule has 0 spiro atoms. The Kier molecular flexibility index (Phi) is 5.59. The summed E-state index contributed by atoms with van der Waals surface area (Å²) in [5, 5.41) is 11.5. The van der Waals surface area contributed by atoms with Gasteiger partial charge in [0.15, 0.2) is 5.52 Å². The number of fused-ring (bicyclic) bond motifs is 1. The molecule has 3 aromatic rings. The molecular weight excluding hydrogens is 338 g/mol. The average Bonchev–Trinajstić information content (AvgIpc) is 2.96. The lowest BCUT2D eigenvalue weighted by atomic mass is 9.99. The summed E-state index contributed by atoms with van der Waals surface area (Å²) >= 11 is 0. The van der Waals surface area contributed by atoms with E-state index in [4.69, 9.17) is 4.98 Å². The van der Waals surface area contributed by atoms with Gasteiger partial charge in [0.2, 0.25) is 0 Å². The molecule has 0 atom stereocenters. The first-order chi connectivity index (χ1) is 12.9. The van der Waals surface area contributed by atoms with Crippen LogP contribution in [0.4, 0.5) is 5.69 Å². The van der Waals surface area contributed by atoms with E-state index in [0.717, 1.165) is 47.4 Å². The molecule has 0 saturated heterocycles. The number of para-hydroxylation sites is 1. The van der Waals surface area contributed by atoms with Crippen LogP contribution in [0.3, 0.4) is 0 Å². The minimum absolute atomic E-state index is 0.0727. The Labute approximate surface area is 160 Å². The number of non-ortho nitro benzene ring substituents is 1. The van der Waals surface area contributed by atoms with Crippen molar-refractivity contribution in [2.45, 2.75) is 59.9 Å². The number of hydrogen-bond acceptors (Lipinski definition) is 3. The van der Waals surface area contributed by atoms with E-state index in [1.807, 2.05) is 6.07 Å². The van der Waals surface area contributed by atoms with Gasteiger partial charge in [0, 0.05) is 18.2 Å². The van der Waals surface area contributed by atoms with Crippen LogP contribution >= 0.6 is 0 Å². The maximum absolute atomic E-state index is 11.5. The van der Waals surface area contributed by atoms with Crippen molar-refractivity contribution in [1.82, 2.24) is 9.55 Å². The molecule has 0 aliphatic heterocycles. The Bertz CT molecular complexity index is 966. The zero-order valence-electron chi connectivity index (χ0n) is 16.6. The summed E-state index contributed by atoms with van der Waals surface area (Å²) in [6.07, 6.45) is 4.57. The summed E-state index contributed by atoms with van der Waals surface area (Å²) < 4.78 is 2.17. The molecule has 3 rings (SSSR count). The highest BCUT2D eigenvalue weighted by atomic mass is 16.6. The number of unbranched alkanes of at least 4 members (excludes halogenated alkanes) is 3. The van der Waals surface area contributed by atoms with Crippen molar-refractivity contribution in [3.63, 3.8) is 0 Å². The first kappa shape index (κ1) is 19.1. The van der Waals surface area contributed by atoms with Crippen LogP contribution in [-0.2, 0) is 6.54 Å². The van der Waals surface area contributed by atoms with Crippen molar-refractivity contribution in [3.8, 4) is 11.4 Å². The van der Waals surface area contributed by atoms with E-state index in [1.165, 1.54) is 24.5 Å². The van der Waals surface area contributed by atoms with E-state index in [9.17, 15) is 10.1 Å². The third-order valence-corrected chi connectivity index (χ3v) is 5.09. The van der Waals surface area contributed by atoms with Gasteiger partial charge in [0.05, 0.1) is 10.4 Å². The van der Waals surface area contributed by atoms with Crippen molar-refractivity contribution in [3.05, 3.63) is 57.1 Å². The van der Waals surface area contributed by atoms with Crippen molar-refractivity contribution in [2.24, 2.45) is 0 Å². The monoisotopic (exact) mass is 365 g/mol. The van der Waals surface area contributed by atoms with Crippen LogP contribution in [0.1, 0.15) is 49.3 Å². The quantitative estimate of drug-likeness (QED) is 0.288. The van der Waals surface area contributed by atoms with Crippen LogP contribution < -0.4 is 0 Å². The van der Waals surface area contributed by atoms with E-state index in [-0.39, 0.29) is 10.6 Å². The Hall–Kier alpha value is -2.69. The highest BCUT2D eigenvalue weighted by Gasteiger charge is 2.22. The lowest BCUT2D eigenvalue weighted by Crippen LogP contribution is -2.03. The molecule has 5 heteroatoms. The number of nitro benzene ring substituents is 1. The standard InChI is InChI=1S/C22H27N3O2/c1-5-6-7-8-12-24-18-10-9-11-19(25(26)27)21(18)23-22(24)20-16(3)13-15(2)14-17(20)4/h9-11,13-14H,5-8,12H2,1-4H3. The molecule has 2 aromatic carbocycles. The predicted molar refractivity (Wildman–Crippen MR) is 110 cm³/mol. The second-order valence-corrected chi connectivity index (χ2v) is 7.32. The second kappa shape index (κ2) is 7.91. The molecule has 142 valence electrons. The lowest BCUT2D eigenvalue weighted by Gasteiger charge is -2.14. The van der Waals surface area contributed by atoms with E-state index >= 15 is 0 Å². The van der Waals surface area contributed by atoms with Gasteiger partial charge in [0.25, 0.3) is 5.69 Å². The maximum Gasteiger partial charge on any atom is 0.297 e. The normalized spacial score (nSPS) is 11.3. The molecule has 5 nitrogen and oxygen atoms in total. The third kappa shape index (κ3) is 3.72. The fourth-order valence-corrected chi connectivity index (χ4v) is 3.93. The van der Waals surface area contributed by atoms with Crippen molar-refractivity contribution in [1.29, 1.82) is 0 Å². The number of rotatable bonds is 7. The van der Waals surface area contributed by atoms with Crippen LogP contribution in [0.15, 0.2) is 30.3 Å². The molecular formula is C22H27N3O2. The molecule has 1 aromatic heterocycles. The predicted octanol–water partition coefficient (Wildman–Crippen LogP) is 6.12. The summed E-state index contributed by atoms with van der Waals surface area (Å²) in [7, 11) is 0. The smallest absolute Gasteiger partial charge is 0.297 e. The molecule has 1 heterocycles. The first-order valence-corrected chi connectivity index (χ1v) is 9.66. The molecule has 0 aliphatic rings. The molecule has 0 bridgehead atoms. The van der Waals surface area contributed by atoms with Gasteiger partial charge >= 0.3 is 0 Å². The van der Waals surface area contributed by atoms with Gasteiger partial charge in [-0.05, 0) is 44.4 Å². The van der Waals surface area contributed by atoms with Crippen LogP contribution in [0.2, 0.25) is 0 Å². The van der Waals surface area contributed by atoms with Crippen LogP contribution in [-0.4, -0.2) is 14.5 Å².